The maximum absolute atomic E-state index is 11.7. The molecule has 0 radical (unpaired) electrons. The zero-order valence-corrected chi connectivity index (χ0v) is 11.4. The van der Waals surface area contributed by atoms with Gasteiger partial charge in [-0.3, -0.25) is 9.09 Å². The van der Waals surface area contributed by atoms with Gasteiger partial charge in [-0.05, 0) is 16.4 Å². The van der Waals surface area contributed by atoms with Crippen molar-refractivity contribution in [1.29, 1.82) is 0 Å². The molecule has 0 unspecified atom stereocenters. The van der Waals surface area contributed by atoms with Crippen LogP contribution in [-0.4, -0.2) is 24.4 Å². The van der Waals surface area contributed by atoms with Gasteiger partial charge in [-0.15, -0.1) is 11.3 Å². The fraction of sp³-hybridized carbons (Fsp3) is 0.182. The molecule has 0 saturated heterocycles. The molecule has 0 amide bonds. The molecule has 3 aromatic rings. The first-order chi connectivity index (χ1) is 10.1. The Morgan fingerprint density at radius 2 is 2.24 bits per heavy atom. The molecule has 0 aliphatic rings. The van der Waals surface area contributed by atoms with Crippen molar-refractivity contribution in [3.8, 4) is 10.7 Å². The lowest BCUT2D eigenvalue weighted by Gasteiger charge is -2.01. The summed E-state index contributed by atoms with van der Waals surface area (Å²) in [6, 6.07) is 4.98. The van der Waals surface area contributed by atoms with Crippen molar-refractivity contribution in [2.75, 3.05) is 0 Å². The van der Waals surface area contributed by atoms with E-state index < -0.39 is 10.7 Å². The van der Waals surface area contributed by atoms with Crippen molar-refractivity contribution >= 4 is 17.2 Å². The highest BCUT2D eigenvalue weighted by Gasteiger charge is 2.15. The van der Waals surface area contributed by atoms with Gasteiger partial charge < -0.3 is 10.1 Å². The molecule has 0 fully saturated rings. The summed E-state index contributed by atoms with van der Waals surface area (Å²) >= 11 is 1.44. The maximum Gasteiger partial charge on any atom is 0.441 e. The van der Waals surface area contributed by atoms with Gasteiger partial charge in [0.25, 0.3) is 0 Å². The zero-order chi connectivity index (χ0) is 14.8. The molecule has 10 heteroatoms. The molecule has 0 aliphatic heterocycles. The lowest BCUT2D eigenvalue weighted by atomic mass is 10.4. The van der Waals surface area contributed by atoms with Crippen LogP contribution in [0.25, 0.3) is 10.7 Å². The minimum atomic E-state index is -0.570. The first-order valence-corrected chi connectivity index (χ1v) is 6.81. The van der Waals surface area contributed by atoms with E-state index in [2.05, 4.69) is 14.8 Å². The van der Waals surface area contributed by atoms with Gasteiger partial charge in [-0.25, -0.2) is 4.79 Å². The number of rotatable bonds is 5. The number of hydrogen-bond acceptors (Lipinski definition) is 7. The molecular formula is C11H9N5O4S. The van der Waals surface area contributed by atoms with Gasteiger partial charge in [-0.2, -0.15) is 4.68 Å². The Morgan fingerprint density at radius 1 is 1.38 bits per heavy atom. The molecule has 3 aromatic heterocycles. The number of nitro groups is 1. The van der Waals surface area contributed by atoms with E-state index in [9.17, 15) is 14.9 Å². The van der Waals surface area contributed by atoms with E-state index in [1.807, 2.05) is 17.5 Å². The highest BCUT2D eigenvalue weighted by Crippen LogP contribution is 2.21. The largest absolute Gasteiger partial charge is 0.441 e. The third-order valence-electron chi connectivity index (χ3n) is 2.79. The first kappa shape index (κ1) is 13.2. The van der Waals surface area contributed by atoms with Crippen LogP contribution in [0, 0.1) is 10.1 Å². The molecule has 0 atom stereocenters. The van der Waals surface area contributed by atoms with Gasteiger partial charge in [0.1, 0.15) is 0 Å². The lowest BCUT2D eigenvalue weighted by molar-refractivity contribution is -0.389. The van der Waals surface area contributed by atoms with Gasteiger partial charge in [-0.1, -0.05) is 11.2 Å². The van der Waals surface area contributed by atoms with Crippen LogP contribution >= 0.6 is 11.3 Å². The third-order valence-corrected chi connectivity index (χ3v) is 3.66. The van der Waals surface area contributed by atoms with Crippen LogP contribution in [0.2, 0.25) is 0 Å². The van der Waals surface area contributed by atoms with E-state index in [-0.39, 0.29) is 12.4 Å². The van der Waals surface area contributed by atoms with Gasteiger partial charge in [0.05, 0.1) is 35.3 Å². The summed E-state index contributed by atoms with van der Waals surface area (Å²) in [5.74, 6) is -0.358. The van der Waals surface area contributed by atoms with Crippen molar-refractivity contribution in [3.05, 3.63) is 50.4 Å². The van der Waals surface area contributed by atoms with Crippen LogP contribution in [0.1, 0.15) is 0 Å². The van der Waals surface area contributed by atoms with E-state index >= 15 is 0 Å². The Labute approximate surface area is 121 Å². The molecule has 108 valence electrons. The molecule has 0 saturated carbocycles. The third kappa shape index (κ3) is 2.60. The second kappa shape index (κ2) is 5.32. The lowest BCUT2D eigenvalue weighted by Crippen LogP contribution is -2.19. The Hall–Kier alpha value is -2.75. The summed E-state index contributed by atoms with van der Waals surface area (Å²) in [7, 11) is 0. The van der Waals surface area contributed by atoms with E-state index in [4.69, 9.17) is 0 Å². The second-order valence-electron chi connectivity index (χ2n) is 4.10. The molecular weight excluding hydrogens is 298 g/mol. The highest BCUT2D eigenvalue weighted by atomic mass is 32.1. The van der Waals surface area contributed by atoms with Crippen molar-refractivity contribution in [3.63, 3.8) is 0 Å². The van der Waals surface area contributed by atoms with Crippen molar-refractivity contribution in [2.24, 2.45) is 0 Å². The Balaban J connectivity index is 1.80. The number of aromatic nitrogens is 4. The van der Waals surface area contributed by atoms with Crippen LogP contribution in [0.4, 0.5) is 5.82 Å². The molecule has 0 bridgehead atoms. The second-order valence-corrected chi connectivity index (χ2v) is 5.04. The number of hydrogen-bond donors (Lipinski definition) is 0. The summed E-state index contributed by atoms with van der Waals surface area (Å²) in [6.45, 7) is 0.557. The molecule has 0 aliphatic carbocycles. The van der Waals surface area contributed by atoms with Crippen LogP contribution in [0.3, 0.4) is 0 Å². The molecule has 0 spiro atoms. The molecule has 0 aromatic carbocycles. The fourth-order valence-electron chi connectivity index (χ4n) is 1.82. The zero-order valence-electron chi connectivity index (χ0n) is 10.6. The Kier molecular flexibility index (Phi) is 3.36. The highest BCUT2D eigenvalue weighted by molar-refractivity contribution is 7.13. The van der Waals surface area contributed by atoms with Crippen molar-refractivity contribution < 1.29 is 9.45 Å². The Bertz CT molecular complexity index is 816. The number of nitrogens with zero attached hydrogens (tertiary/aromatic N) is 5. The smallest absolute Gasteiger partial charge is 0.358 e. The molecule has 3 rings (SSSR count). The van der Waals surface area contributed by atoms with Crippen LogP contribution in [0.5, 0.6) is 0 Å². The minimum Gasteiger partial charge on any atom is -0.358 e. The number of aryl methyl sites for hydroxylation is 1. The van der Waals surface area contributed by atoms with Crippen molar-refractivity contribution in [1.82, 2.24) is 19.5 Å². The summed E-state index contributed by atoms with van der Waals surface area (Å²) in [5.41, 5.74) is 0. The van der Waals surface area contributed by atoms with Crippen LogP contribution in [0.15, 0.2) is 39.1 Å². The van der Waals surface area contributed by atoms with Gasteiger partial charge in [0.15, 0.2) is 5.82 Å². The van der Waals surface area contributed by atoms with Gasteiger partial charge in [0.2, 0.25) is 0 Å². The monoisotopic (exact) mass is 307 g/mol. The molecule has 0 N–H and O–H groups in total. The SMILES string of the molecule is O=c1onc(-c2cccs2)n1CCn1ccc([N+](=O)[O-])n1. The van der Waals surface area contributed by atoms with Gasteiger partial charge >= 0.3 is 11.6 Å². The fourth-order valence-corrected chi connectivity index (χ4v) is 2.54. The topological polar surface area (TPSA) is 109 Å². The summed E-state index contributed by atoms with van der Waals surface area (Å²) in [6.07, 6.45) is 1.49. The van der Waals surface area contributed by atoms with E-state index in [0.29, 0.717) is 12.4 Å². The Morgan fingerprint density at radius 3 is 2.90 bits per heavy atom. The average Bonchev–Trinajstić information content (AvgIpc) is 3.17. The first-order valence-electron chi connectivity index (χ1n) is 5.93. The van der Waals surface area contributed by atoms with E-state index in [1.54, 1.807) is 0 Å². The van der Waals surface area contributed by atoms with Crippen molar-refractivity contribution in [2.45, 2.75) is 13.1 Å². The van der Waals surface area contributed by atoms with Gasteiger partial charge in [0, 0.05) is 0 Å². The predicted molar refractivity (Wildman–Crippen MR) is 73.0 cm³/mol. The molecule has 21 heavy (non-hydrogen) atoms. The summed E-state index contributed by atoms with van der Waals surface area (Å²) < 4.78 is 7.45. The quantitative estimate of drug-likeness (QED) is 0.520. The standard InChI is InChI=1S/C11H9N5O4S/c17-11-15(10(13-20-11)8-2-1-7-21-8)6-5-14-4-3-9(12-14)16(18)19/h1-4,7H,5-6H2. The molecule has 9 nitrogen and oxygen atoms in total. The normalized spacial score (nSPS) is 10.9. The maximum atomic E-state index is 11.7. The van der Waals surface area contributed by atoms with Crippen LogP contribution < -0.4 is 5.76 Å². The average molecular weight is 307 g/mol. The van der Waals surface area contributed by atoms with E-state index in [0.717, 1.165) is 4.88 Å². The summed E-state index contributed by atoms with van der Waals surface area (Å²) in [4.78, 5) is 22.5. The minimum absolute atomic E-state index is 0.230. The molecule has 3 heterocycles. The van der Waals surface area contributed by atoms with Crippen LogP contribution in [-0.2, 0) is 13.1 Å². The predicted octanol–water partition coefficient (Wildman–Crippen LogP) is 1.37. The number of thiophene rings is 1. The van der Waals surface area contributed by atoms with E-state index in [1.165, 1.54) is 32.8 Å². The summed E-state index contributed by atoms with van der Waals surface area (Å²) in [5, 5.41) is 20.0.